The van der Waals surface area contributed by atoms with Crippen LogP contribution < -0.4 is 15.1 Å². The number of methoxy groups -OCH3 is 1. The third-order valence-electron chi connectivity index (χ3n) is 6.71. The van der Waals surface area contributed by atoms with Gasteiger partial charge in [0.25, 0.3) is 5.91 Å². The molecular formula is C25H28ClN5O3. The molecule has 2 amide bonds. The average molecular weight is 482 g/mol. The number of fused-ring (bicyclic) bond motifs is 1. The quantitative estimate of drug-likeness (QED) is 0.708. The van der Waals surface area contributed by atoms with Gasteiger partial charge in [0.05, 0.1) is 18.8 Å². The molecule has 34 heavy (non-hydrogen) atoms. The number of anilines is 1. The number of carbonyl (C=O) groups is 2. The molecule has 0 aromatic heterocycles. The van der Waals surface area contributed by atoms with E-state index in [2.05, 4.69) is 10.3 Å². The van der Waals surface area contributed by atoms with Crippen LogP contribution in [0.25, 0.3) is 0 Å². The standard InChI is InChI=1S/C25H28ClN5O3/c1-34-23-5-3-2-4-21(23)28-10-12-29(13-11-28)24(32)17-30-14-15-31-22(25(30)33)16-20(27-31)18-6-8-19(26)9-7-18/h2-9,14-15,20,22,27H,10-13,16-17H2,1H3. The fourth-order valence-corrected chi connectivity index (χ4v) is 4.94. The molecule has 178 valence electrons. The van der Waals surface area contributed by atoms with Crippen molar-refractivity contribution in [2.45, 2.75) is 18.5 Å². The number of carbonyl (C=O) groups excluding carboxylic acids is 2. The molecule has 0 radical (unpaired) electrons. The van der Waals surface area contributed by atoms with Crippen LogP contribution in [0.5, 0.6) is 5.75 Å². The Kier molecular flexibility index (Phi) is 6.34. The highest BCUT2D eigenvalue weighted by molar-refractivity contribution is 6.30. The van der Waals surface area contributed by atoms with Gasteiger partial charge in [0, 0.05) is 43.6 Å². The lowest BCUT2D eigenvalue weighted by atomic mass is 10.0. The van der Waals surface area contributed by atoms with Crippen LogP contribution in [-0.4, -0.2) is 72.5 Å². The molecule has 2 fully saturated rings. The van der Waals surface area contributed by atoms with E-state index in [1.165, 1.54) is 0 Å². The second kappa shape index (κ2) is 9.56. The number of ether oxygens (including phenoxy) is 1. The monoisotopic (exact) mass is 481 g/mol. The number of piperazine rings is 1. The zero-order valence-electron chi connectivity index (χ0n) is 19.1. The van der Waals surface area contributed by atoms with Gasteiger partial charge in [-0.15, -0.1) is 0 Å². The number of para-hydroxylation sites is 2. The Bertz CT molecular complexity index is 1080. The van der Waals surface area contributed by atoms with E-state index in [0.29, 0.717) is 24.5 Å². The summed E-state index contributed by atoms with van der Waals surface area (Å²) >= 11 is 6.00. The number of benzene rings is 2. The number of halogens is 1. The normalized spacial score (nSPS) is 22.2. The largest absolute Gasteiger partial charge is 0.495 e. The number of hydrazine groups is 1. The van der Waals surface area contributed by atoms with E-state index in [-0.39, 0.29) is 30.4 Å². The van der Waals surface area contributed by atoms with Gasteiger partial charge < -0.3 is 24.4 Å². The van der Waals surface area contributed by atoms with Gasteiger partial charge in [0.1, 0.15) is 18.3 Å². The molecule has 3 aliphatic rings. The Morgan fingerprint density at radius 3 is 2.53 bits per heavy atom. The van der Waals surface area contributed by atoms with Crippen molar-refractivity contribution < 1.29 is 14.3 Å². The molecule has 2 atom stereocenters. The van der Waals surface area contributed by atoms with E-state index in [1.54, 1.807) is 18.2 Å². The van der Waals surface area contributed by atoms with Crippen molar-refractivity contribution in [3.8, 4) is 5.75 Å². The summed E-state index contributed by atoms with van der Waals surface area (Å²) < 4.78 is 5.47. The van der Waals surface area contributed by atoms with Gasteiger partial charge in [-0.05, 0) is 36.2 Å². The topological polar surface area (TPSA) is 68.4 Å². The van der Waals surface area contributed by atoms with Gasteiger partial charge in [0.2, 0.25) is 5.91 Å². The number of nitrogens with zero attached hydrogens (tertiary/aromatic N) is 4. The minimum Gasteiger partial charge on any atom is -0.495 e. The predicted octanol–water partition coefficient (Wildman–Crippen LogP) is 2.63. The SMILES string of the molecule is COc1ccccc1N1CCN(C(=O)CN2C=CN3NC(c4ccc(Cl)cc4)CC3C2=O)CC1. The Labute approximate surface area is 204 Å². The molecule has 0 spiro atoms. The Balaban J connectivity index is 1.17. The van der Waals surface area contributed by atoms with Crippen LogP contribution in [0.2, 0.25) is 5.02 Å². The molecule has 2 aromatic rings. The van der Waals surface area contributed by atoms with Crippen LogP contribution in [0.1, 0.15) is 18.0 Å². The van der Waals surface area contributed by atoms with Crippen molar-refractivity contribution in [3.05, 3.63) is 71.5 Å². The maximum absolute atomic E-state index is 13.1. The van der Waals surface area contributed by atoms with E-state index in [1.807, 2.05) is 64.6 Å². The van der Waals surface area contributed by atoms with Gasteiger partial charge >= 0.3 is 0 Å². The fraction of sp³-hybridized carbons (Fsp3) is 0.360. The highest BCUT2D eigenvalue weighted by Gasteiger charge is 2.40. The zero-order valence-corrected chi connectivity index (χ0v) is 19.8. The van der Waals surface area contributed by atoms with Gasteiger partial charge in [-0.1, -0.05) is 35.9 Å². The molecule has 1 N–H and O–H groups in total. The van der Waals surface area contributed by atoms with Crippen molar-refractivity contribution >= 4 is 29.1 Å². The molecule has 3 heterocycles. The first-order chi connectivity index (χ1) is 16.5. The minimum atomic E-state index is -0.333. The van der Waals surface area contributed by atoms with Crippen LogP contribution in [0.15, 0.2) is 60.9 Å². The molecular weight excluding hydrogens is 454 g/mol. The van der Waals surface area contributed by atoms with Crippen LogP contribution >= 0.6 is 11.6 Å². The number of amides is 2. The number of rotatable bonds is 5. The number of nitrogens with one attached hydrogen (secondary N) is 1. The maximum atomic E-state index is 13.1. The van der Waals surface area contributed by atoms with Crippen LogP contribution in [0.4, 0.5) is 5.69 Å². The van der Waals surface area contributed by atoms with Crippen LogP contribution in [0, 0.1) is 0 Å². The zero-order chi connectivity index (χ0) is 23.7. The van der Waals surface area contributed by atoms with Crippen molar-refractivity contribution in [3.63, 3.8) is 0 Å². The summed E-state index contributed by atoms with van der Waals surface area (Å²) in [6, 6.07) is 15.3. The lowest BCUT2D eigenvalue weighted by Gasteiger charge is -2.38. The van der Waals surface area contributed by atoms with E-state index >= 15 is 0 Å². The molecule has 9 heteroatoms. The van der Waals surface area contributed by atoms with Gasteiger partial charge in [-0.3, -0.25) is 9.59 Å². The summed E-state index contributed by atoms with van der Waals surface area (Å²) in [5.41, 5.74) is 5.49. The second-order valence-corrected chi connectivity index (χ2v) is 9.13. The Morgan fingerprint density at radius 1 is 1.06 bits per heavy atom. The molecule has 2 aromatic carbocycles. The van der Waals surface area contributed by atoms with Gasteiger partial charge in [-0.2, -0.15) is 0 Å². The second-order valence-electron chi connectivity index (χ2n) is 8.70. The van der Waals surface area contributed by atoms with Gasteiger partial charge in [0.15, 0.2) is 0 Å². The van der Waals surface area contributed by atoms with Gasteiger partial charge in [-0.25, -0.2) is 5.43 Å². The maximum Gasteiger partial charge on any atom is 0.251 e. The third kappa shape index (κ3) is 4.43. The molecule has 0 aliphatic carbocycles. The predicted molar refractivity (Wildman–Crippen MR) is 130 cm³/mol. The molecule has 0 saturated carbocycles. The van der Waals surface area contributed by atoms with Crippen LogP contribution in [0.3, 0.4) is 0 Å². The lowest BCUT2D eigenvalue weighted by Crippen LogP contribution is -2.54. The summed E-state index contributed by atoms with van der Waals surface area (Å²) in [4.78, 5) is 31.8. The molecule has 5 rings (SSSR count). The number of hydrogen-bond donors (Lipinski definition) is 1. The highest BCUT2D eigenvalue weighted by atomic mass is 35.5. The molecule has 2 unspecified atom stereocenters. The summed E-state index contributed by atoms with van der Waals surface area (Å²) in [5, 5.41) is 2.53. The van der Waals surface area contributed by atoms with Crippen molar-refractivity contribution in [1.29, 1.82) is 0 Å². The smallest absolute Gasteiger partial charge is 0.251 e. The summed E-state index contributed by atoms with van der Waals surface area (Å²) in [6.45, 7) is 2.72. The van der Waals surface area contributed by atoms with Crippen molar-refractivity contribution in [2.75, 3.05) is 44.7 Å². The highest BCUT2D eigenvalue weighted by Crippen LogP contribution is 2.32. The van der Waals surface area contributed by atoms with Crippen LogP contribution in [-0.2, 0) is 9.59 Å². The van der Waals surface area contributed by atoms with Crippen molar-refractivity contribution in [2.24, 2.45) is 0 Å². The Hall–Kier alpha value is -3.23. The first-order valence-electron chi connectivity index (χ1n) is 11.5. The lowest BCUT2D eigenvalue weighted by molar-refractivity contribution is -0.141. The summed E-state index contributed by atoms with van der Waals surface area (Å²) in [6.07, 6.45) is 4.17. The molecule has 2 saturated heterocycles. The van der Waals surface area contributed by atoms with E-state index in [4.69, 9.17) is 16.3 Å². The number of hydrogen-bond acceptors (Lipinski definition) is 6. The first kappa shape index (κ1) is 22.6. The summed E-state index contributed by atoms with van der Waals surface area (Å²) in [7, 11) is 1.67. The average Bonchev–Trinajstić information content (AvgIpc) is 3.31. The first-order valence-corrected chi connectivity index (χ1v) is 11.9. The Morgan fingerprint density at radius 2 is 1.79 bits per heavy atom. The fourth-order valence-electron chi connectivity index (χ4n) is 4.81. The summed E-state index contributed by atoms with van der Waals surface area (Å²) in [5.74, 6) is 0.733. The molecule has 0 bridgehead atoms. The molecule has 8 nitrogen and oxygen atoms in total. The van der Waals surface area contributed by atoms with E-state index in [9.17, 15) is 9.59 Å². The minimum absolute atomic E-state index is 0.0228. The van der Waals surface area contributed by atoms with Crippen molar-refractivity contribution in [1.82, 2.24) is 20.2 Å². The van der Waals surface area contributed by atoms with E-state index < -0.39 is 0 Å². The molecule has 3 aliphatic heterocycles. The third-order valence-corrected chi connectivity index (χ3v) is 6.96. The van der Waals surface area contributed by atoms with E-state index in [0.717, 1.165) is 30.1 Å².